The fourth-order valence-electron chi connectivity index (χ4n) is 2.79. The van der Waals surface area contributed by atoms with Gasteiger partial charge in [0.15, 0.2) is 0 Å². The van der Waals surface area contributed by atoms with Crippen molar-refractivity contribution in [3.05, 3.63) is 35.9 Å². The van der Waals surface area contributed by atoms with Crippen LogP contribution in [-0.4, -0.2) is 55.4 Å². The Morgan fingerprint density at radius 3 is 2.55 bits per heavy atom. The van der Waals surface area contributed by atoms with Crippen LogP contribution in [-0.2, 0) is 0 Å². The van der Waals surface area contributed by atoms with Gasteiger partial charge in [0.1, 0.15) is 0 Å². The maximum atomic E-state index is 7.82. The molecule has 0 aliphatic carbocycles. The van der Waals surface area contributed by atoms with Crippen LogP contribution in [0.2, 0.25) is 0 Å². The van der Waals surface area contributed by atoms with Crippen molar-refractivity contribution in [2.45, 2.75) is 18.8 Å². The summed E-state index contributed by atoms with van der Waals surface area (Å²) >= 11 is 0. The van der Waals surface area contributed by atoms with Crippen LogP contribution < -0.4 is 5.73 Å². The maximum absolute atomic E-state index is 7.82. The van der Waals surface area contributed by atoms with Gasteiger partial charge >= 0.3 is 0 Å². The van der Waals surface area contributed by atoms with E-state index in [1.165, 1.54) is 25.9 Å². The van der Waals surface area contributed by atoms with Crippen molar-refractivity contribution in [3.8, 4) is 0 Å². The van der Waals surface area contributed by atoms with Crippen LogP contribution in [0.4, 0.5) is 0 Å². The van der Waals surface area contributed by atoms with E-state index in [1.807, 2.05) is 18.2 Å². The molecule has 1 aliphatic heterocycles. The van der Waals surface area contributed by atoms with Gasteiger partial charge in [-0.15, -0.1) is 0 Å². The highest BCUT2D eigenvalue weighted by molar-refractivity contribution is 5.84. The zero-order chi connectivity index (χ0) is 14.4. The lowest BCUT2D eigenvalue weighted by Gasteiger charge is -2.25. The van der Waals surface area contributed by atoms with Crippen molar-refractivity contribution in [3.63, 3.8) is 0 Å². The topological polar surface area (TPSA) is 56.4 Å². The first-order chi connectivity index (χ1) is 9.66. The molecule has 1 saturated heterocycles. The molecule has 1 fully saturated rings. The molecule has 1 aromatic carbocycles. The molecule has 4 nitrogen and oxygen atoms in total. The van der Waals surface area contributed by atoms with E-state index in [-0.39, 0.29) is 11.8 Å². The Labute approximate surface area is 122 Å². The minimum absolute atomic E-state index is 0.000205. The summed E-state index contributed by atoms with van der Waals surface area (Å²) in [6.07, 6.45) is 2.67. The molecule has 1 aromatic rings. The number of likely N-dealkylation sites (tertiary alicyclic amines) is 1. The summed E-state index contributed by atoms with van der Waals surface area (Å²) in [6, 6.07) is 10.1. The van der Waals surface area contributed by atoms with E-state index in [1.54, 1.807) is 0 Å². The highest BCUT2D eigenvalue weighted by atomic mass is 15.2. The van der Waals surface area contributed by atoms with E-state index in [0.717, 1.165) is 25.2 Å². The van der Waals surface area contributed by atoms with E-state index >= 15 is 0 Å². The molecule has 0 amide bonds. The van der Waals surface area contributed by atoms with E-state index in [2.05, 4.69) is 29.0 Å². The second-order valence-electron chi connectivity index (χ2n) is 5.73. The minimum Gasteiger partial charge on any atom is -0.387 e. The number of nitrogens with two attached hydrogens (primary N) is 1. The molecule has 3 N–H and O–H groups in total. The van der Waals surface area contributed by atoms with Crippen molar-refractivity contribution < 1.29 is 0 Å². The highest BCUT2D eigenvalue weighted by Gasteiger charge is 2.18. The third-order valence-corrected chi connectivity index (χ3v) is 4.07. The summed E-state index contributed by atoms with van der Waals surface area (Å²) in [5.74, 6) is 0.254. The molecule has 0 saturated carbocycles. The predicted molar refractivity (Wildman–Crippen MR) is 84.3 cm³/mol. The van der Waals surface area contributed by atoms with Crippen LogP contribution >= 0.6 is 0 Å². The molecule has 1 heterocycles. The van der Waals surface area contributed by atoms with Crippen LogP contribution in [0.5, 0.6) is 0 Å². The number of amidine groups is 1. The first-order valence-corrected chi connectivity index (χ1v) is 7.46. The molecular weight excluding hydrogens is 248 g/mol. The van der Waals surface area contributed by atoms with Gasteiger partial charge in [-0.2, -0.15) is 0 Å². The fraction of sp³-hybridized carbons (Fsp3) is 0.562. The van der Waals surface area contributed by atoms with E-state index in [4.69, 9.17) is 11.1 Å². The van der Waals surface area contributed by atoms with Gasteiger partial charge in [-0.05, 0) is 38.5 Å². The summed E-state index contributed by atoms with van der Waals surface area (Å²) in [5.41, 5.74) is 6.91. The summed E-state index contributed by atoms with van der Waals surface area (Å²) in [4.78, 5) is 4.80. The van der Waals surface area contributed by atoms with Gasteiger partial charge in [-0.25, -0.2) is 0 Å². The third kappa shape index (κ3) is 4.32. The van der Waals surface area contributed by atoms with E-state index < -0.39 is 0 Å². The number of nitrogens with zero attached hydrogens (tertiary/aromatic N) is 2. The van der Waals surface area contributed by atoms with Gasteiger partial charge < -0.3 is 15.5 Å². The van der Waals surface area contributed by atoms with Crippen LogP contribution in [0.25, 0.3) is 0 Å². The second-order valence-corrected chi connectivity index (χ2v) is 5.73. The quantitative estimate of drug-likeness (QED) is 0.588. The van der Waals surface area contributed by atoms with Gasteiger partial charge in [-0.1, -0.05) is 30.3 Å². The van der Waals surface area contributed by atoms with Gasteiger partial charge in [0.25, 0.3) is 0 Å². The summed E-state index contributed by atoms with van der Waals surface area (Å²) in [6.45, 7) is 5.45. The number of nitrogens with one attached hydrogen (secondary N) is 1. The largest absolute Gasteiger partial charge is 0.387 e. The van der Waals surface area contributed by atoms with Crippen molar-refractivity contribution >= 4 is 5.84 Å². The normalized spacial score (nSPS) is 17.5. The molecule has 1 unspecified atom stereocenters. The Morgan fingerprint density at radius 2 is 1.95 bits per heavy atom. The van der Waals surface area contributed by atoms with Crippen molar-refractivity contribution in [2.24, 2.45) is 5.73 Å². The van der Waals surface area contributed by atoms with E-state index in [9.17, 15) is 0 Å². The highest BCUT2D eigenvalue weighted by Crippen LogP contribution is 2.16. The minimum atomic E-state index is -0.000205. The predicted octanol–water partition coefficient (Wildman–Crippen LogP) is 1.73. The molecular formula is C16H26N4. The fourth-order valence-corrected chi connectivity index (χ4v) is 2.79. The first-order valence-electron chi connectivity index (χ1n) is 7.46. The molecule has 110 valence electrons. The third-order valence-electron chi connectivity index (χ3n) is 4.07. The first kappa shape index (κ1) is 15.0. The van der Waals surface area contributed by atoms with Crippen molar-refractivity contribution in [1.82, 2.24) is 9.80 Å². The smallest absolute Gasteiger partial charge is 0.0995 e. The summed E-state index contributed by atoms with van der Waals surface area (Å²) < 4.78 is 0. The van der Waals surface area contributed by atoms with Crippen LogP contribution in [0.3, 0.4) is 0 Å². The second kappa shape index (κ2) is 7.41. The van der Waals surface area contributed by atoms with Crippen LogP contribution in [0.15, 0.2) is 30.3 Å². The molecule has 4 heteroatoms. The number of rotatable bonds is 7. The molecule has 0 aromatic heterocycles. The lowest BCUT2D eigenvalue weighted by atomic mass is 9.97. The molecule has 1 atom stereocenters. The Morgan fingerprint density at radius 1 is 1.30 bits per heavy atom. The zero-order valence-corrected chi connectivity index (χ0v) is 12.4. The van der Waals surface area contributed by atoms with Gasteiger partial charge in [0.2, 0.25) is 0 Å². The van der Waals surface area contributed by atoms with Gasteiger partial charge in [-0.3, -0.25) is 5.41 Å². The SMILES string of the molecule is CN(CCN1CCCC1)CC(C(=N)N)c1ccccc1. The Kier molecular flexibility index (Phi) is 5.56. The average Bonchev–Trinajstić information content (AvgIpc) is 2.96. The summed E-state index contributed by atoms with van der Waals surface area (Å²) in [5, 5.41) is 7.82. The molecule has 1 aliphatic rings. The number of hydrogen-bond acceptors (Lipinski definition) is 3. The monoisotopic (exact) mass is 274 g/mol. The molecule has 20 heavy (non-hydrogen) atoms. The summed E-state index contributed by atoms with van der Waals surface area (Å²) in [7, 11) is 2.12. The van der Waals surface area contributed by atoms with Gasteiger partial charge in [0, 0.05) is 19.6 Å². The van der Waals surface area contributed by atoms with Gasteiger partial charge in [0.05, 0.1) is 11.8 Å². The average molecular weight is 274 g/mol. The van der Waals surface area contributed by atoms with Crippen LogP contribution in [0.1, 0.15) is 24.3 Å². The Bertz CT molecular complexity index is 412. The zero-order valence-electron chi connectivity index (χ0n) is 12.4. The Balaban J connectivity index is 1.86. The lowest BCUT2D eigenvalue weighted by molar-refractivity contribution is 0.255. The number of likely N-dealkylation sites (N-methyl/N-ethyl adjacent to an activating group) is 1. The molecule has 0 bridgehead atoms. The standard InChI is InChI=1S/C16H26N4/c1-19(11-12-20-9-5-6-10-20)13-15(16(17)18)14-7-3-2-4-8-14/h2-4,7-8,15H,5-6,9-13H2,1H3,(H3,17,18). The number of benzene rings is 1. The molecule has 0 radical (unpaired) electrons. The lowest BCUT2D eigenvalue weighted by Crippen LogP contribution is -2.36. The Hall–Kier alpha value is -1.39. The van der Waals surface area contributed by atoms with E-state index in [0.29, 0.717) is 0 Å². The molecule has 2 rings (SSSR count). The van der Waals surface area contributed by atoms with Crippen molar-refractivity contribution in [1.29, 1.82) is 5.41 Å². The number of hydrogen-bond donors (Lipinski definition) is 2. The molecule has 0 spiro atoms. The van der Waals surface area contributed by atoms with Crippen molar-refractivity contribution in [2.75, 3.05) is 39.8 Å². The maximum Gasteiger partial charge on any atom is 0.0995 e. The van der Waals surface area contributed by atoms with Crippen LogP contribution in [0, 0.1) is 5.41 Å².